The number of alkyl halides is 1. The molecule has 1 aliphatic heterocycles. The van der Waals surface area contributed by atoms with Crippen molar-refractivity contribution in [2.45, 2.75) is 12.8 Å². The lowest BCUT2D eigenvalue weighted by molar-refractivity contribution is 0.622. The van der Waals surface area contributed by atoms with Gasteiger partial charge in [0.25, 0.3) is 0 Å². The van der Waals surface area contributed by atoms with Gasteiger partial charge in [0.1, 0.15) is 5.82 Å². The number of piperazine rings is 1. The van der Waals surface area contributed by atoms with Gasteiger partial charge in [-0.15, -0.1) is 22.9 Å². The molecule has 3 rings (SSSR count). The van der Waals surface area contributed by atoms with E-state index in [1.54, 1.807) is 11.3 Å². The zero-order valence-electron chi connectivity index (χ0n) is 11.7. The van der Waals surface area contributed by atoms with E-state index in [0.29, 0.717) is 5.88 Å². The van der Waals surface area contributed by atoms with Crippen LogP contribution in [0.5, 0.6) is 0 Å². The molecule has 0 saturated carbocycles. The van der Waals surface area contributed by atoms with Gasteiger partial charge in [0.05, 0.1) is 11.6 Å². The second-order valence-electron chi connectivity index (χ2n) is 4.93. The first-order valence-corrected chi connectivity index (χ1v) is 8.10. The molecule has 0 amide bonds. The summed E-state index contributed by atoms with van der Waals surface area (Å²) in [4.78, 5) is 9.10. The van der Waals surface area contributed by atoms with Gasteiger partial charge in [-0.05, 0) is 6.92 Å². The van der Waals surface area contributed by atoms with Gasteiger partial charge in [0, 0.05) is 50.4 Å². The zero-order chi connectivity index (χ0) is 14.1. The van der Waals surface area contributed by atoms with E-state index in [2.05, 4.69) is 19.9 Å². The van der Waals surface area contributed by atoms with Crippen LogP contribution in [-0.2, 0) is 12.9 Å². The molecule has 0 aliphatic carbocycles. The van der Waals surface area contributed by atoms with Crippen molar-refractivity contribution in [3.05, 3.63) is 22.8 Å². The summed E-state index contributed by atoms with van der Waals surface area (Å²) in [6.45, 7) is 5.94. The Bertz CT molecular complexity index is 572. The normalized spacial score (nSPS) is 15.9. The van der Waals surface area contributed by atoms with Gasteiger partial charge < -0.3 is 9.80 Å². The summed E-state index contributed by atoms with van der Waals surface area (Å²) in [7, 11) is 1.99. The number of nitrogens with zero attached hydrogens (tertiary/aromatic N) is 5. The van der Waals surface area contributed by atoms with Gasteiger partial charge in [0.15, 0.2) is 5.13 Å². The number of halogens is 1. The third-order valence-corrected chi connectivity index (χ3v) is 4.82. The van der Waals surface area contributed by atoms with E-state index in [1.807, 2.05) is 30.2 Å². The highest BCUT2D eigenvalue weighted by atomic mass is 35.5. The maximum absolute atomic E-state index is 6.08. The first-order chi connectivity index (χ1) is 9.70. The summed E-state index contributed by atoms with van der Waals surface area (Å²) in [6.07, 6.45) is 1.86. The maximum atomic E-state index is 6.08. The molecule has 20 heavy (non-hydrogen) atoms. The lowest BCUT2D eigenvalue weighted by atomic mass is 10.2. The highest BCUT2D eigenvalue weighted by Gasteiger charge is 2.24. The Hall–Kier alpha value is -1.27. The quantitative estimate of drug-likeness (QED) is 0.815. The minimum Gasteiger partial charge on any atom is -0.353 e. The fourth-order valence-electron chi connectivity index (χ4n) is 2.72. The topological polar surface area (TPSA) is 37.2 Å². The van der Waals surface area contributed by atoms with Crippen molar-refractivity contribution < 1.29 is 0 Å². The van der Waals surface area contributed by atoms with Crippen molar-refractivity contribution in [1.29, 1.82) is 0 Å². The SMILES string of the molecule is Cc1nn(C)c(N2CCN(c3nccs3)CC2)c1CCl. The van der Waals surface area contributed by atoms with Crippen LogP contribution in [0.3, 0.4) is 0 Å². The van der Waals surface area contributed by atoms with Crippen LogP contribution < -0.4 is 9.80 Å². The molecule has 0 spiro atoms. The first kappa shape index (κ1) is 13.7. The van der Waals surface area contributed by atoms with Crippen molar-refractivity contribution in [2.75, 3.05) is 36.0 Å². The molecule has 3 heterocycles. The molecule has 1 fully saturated rings. The van der Waals surface area contributed by atoms with Crippen LogP contribution >= 0.6 is 22.9 Å². The molecular formula is C13H18ClN5S. The predicted molar refractivity (Wildman–Crippen MR) is 84.0 cm³/mol. The Morgan fingerprint density at radius 2 is 1.95 bits per heavy atom. The minimum atomic E-state index is 0.516. The van der Waals surface area contributed by atoms with E-state index in [4.69, 9.17) is 11.6 Å². The molecule has 0 bridgehead atoms. The van der Waals surface area contributed by atoms with E-state index in [-0.39, 0.29) is 0 Å². The Morgan fingerprint density at radius 3 is 2.55 bits per heavy atom. The average Bonchev–Trinajstić information content (AvgIpc) is 3.06. The summed E-state index contributed by atoms with van der Waals surface area (Å²) in [6, 6.07) is 0. The lowest BCUT2D eigenvalue weighted by Gasteiger charge is -2.36. The van der Waals surface area contributed by atoms with E-state index in [0.717, 1.165) is 48.4 Å². The molecule has 0 aromatic carbocycles. The van der Waals surface area contributed by atoms with E-state index >= 15 is 0 Å². The summed E-state index contributed by atoms with van der Waals surface area (Å²) >= 11 is 7.78. The highest BCUT2D eigenvalue weighted by molar-refractivity contribution is 7.13. The molecule has 0 radical (unpaired) electrons. The van der Waals surface area contributed by atoms with Crippen LogP contribution in [0.1, 0.15) is 11.3 Å². The largest absolute Gasteiger partial charge is 0.353 e. The molecule has 108 valence electrons. The molecule has 2 aromatic heterocycles. The van der Waals surface area contributed by atoms with Crippen LogP contribution in [-0.4, -0.2) is 40.9 Å². The number of anilines is 2. The predicted octanol–water partition coefficient (Wildman–Crippen LogP) is 2.25. The summed E-state index contributed by atoms with van der Waals surface area (Å²) in [5, 5.41) is 7.63. The Morgan fingerprint density at radius 1 is 1.25 bits per heavy atom. The van der Waals surface area contributed by atoms with Crippen LogP contribution in [0.2, 0.25) is 0 Å². The molecular weight excluding hydrogens is 294 g/mol. The number of aryl methyl sites for hydroxylation is 2. The van der Waals surface area contributed by atoms with Gasteiger partial charge in [-0.1, -0.05) is 0 Å². The summed E-state index contributed by atoms with van der Waals surface area (Å²) in [5.74, 6) is 1.68. The number of thiazole rings is 1. The van der Waals surface area contributed by atoms with Crippen LogP contribution in [0, 0.1) is 6.92 Å². The Balaban J connectivity index is 1.75. The average molecular weight is 312 g/mol. The number of hydrogen-bond acceptors (Lipinski definition) is 5. The van der Waals surface area contributed by atoms with Crippen LogP contribution in [0.15, 0.2) is 11.6 Å². The van der Waals surface area contributed by atoms with Crippen molar-refractivity contribution in [2.24, 2.45) is 7.05 Å². The lowest BCUT2D eigenvalue weighted by Crippen LogP contribution is -2.47. The molecule has 0 unspecified atom stereocenters. The van der Waals surface area contributed by atoms with Gasteiger partial charge in [-0.2, -0.15) is 5.10 Å². The Labute approximate surface area is 127 Å². The fraction of sp³-hybridized carbons (Fsp3) is 0.538. The highest BCUT2D eigenvalue weighted by Crippen LogP contribution is 2.27. The number of rotatable bonds is 3. The summed E-state index contributed by atoms with van der Waals surface area (Å²) < 4.78 is 1.95. The van der Waals surface area contributed by atoms with E-state index in [9.17, 15) is 0 Å². The van der Waals surface area contributed by atoms with Gasteiger partial charge in [-0.25, -0.2) is 4.98 Å². The third kappa shape index (κ3) is 2.38. The first-order valence-electron chi connectivity index (χ1n) is 6.68. The van der Waals surface area contributed by atoms with E-state index < -0.39 is 0 Å². The van der Waals surface area contributed by atoms with Crippen molar-refractivity contribution in [1.82, 2.24) is 14.8 Å². The van der Waals surface area contributed by atoms with E-state index in [1.165, 1.54) is 0 Å². The molecule has 5 nitrogen and oxygen atoms in total. The molecule has 1 aliphatic rings. The molecule has 7 heteroatoms. The molecule has 1 saturated heterocycles. The monoisotopic (exact) mass is 311 g/mol. The molecule has 0 atom stereocenters. The van der Waals surface area contributed by atoms with Crippen molar-refractivity contribution in [3.63, 3.8) is 0 Å². The smallest absolute Gasteiger partial charge is 0.185 e. The van der Waals surface area contributed by atoms with Gasteiger partial charge >= 0.3 is 0 Å². The van der Waals surface area contributed by atoms with Gasteiger partial charge in [-0.3, -0.25) is 4.68 Å². The third-order valence-electron chi connectivity index (χ3n) is 3.72. The standard InChI is InChI=1S/C13H18ClN5S/c1-10-11(9-14)12(17(2)16-10)18-4-6-19(7-5-18)13-15-3-8-20-13/h3,8H,4-7,9H2,1-2H3. The molecule has 0 N–H and O–H groups in total. The fourth-order valence-corrected chi connectivity index (χ4v) is 3.73. The van der Waals surface area contributed by atoms with Crippen molar-refractivity contribution in [3.8, 4) is 0 Å². The zero-order valence-corrected chi connectivity index (χ0v) is 13.3. The number of hydrogen-bond donors (Lipinski definition) is 0. The minimum absolute atomic E-state index is 0.516. The summed E-state index contributed by atoms with van der Waals surface area (Å²) in [5.41, 5.74) is 2.18. The van der Waals surface area contributed by atoms with Gasteiger partial charge in [0.2, 0.25) is 0 Å². The second kappa shape index (κ2) is 5.61. The maximum Gasteiger partial charge on any atom is 0.185 e. The second-order valence-corrected chi connectivity index (χ2v) is 6.07. The molecule has 2 aromatic rings. The van der Waals surface area contributed by atoms with Crippen LogP contribution in [0.4, 0.5) is 10.9 Å². The van der Waals surface area contributed by atoms with Crippen LogP contribution in [0.25, 0.3) is 0 Å². The Kier molecular flexibility index (Phi) is 3.85. The van der Waals surface area contributed by atoms with Crippen molar-refractivity contribution >= 4 is 33.9 Å². The number of aromatic nitrogens is 3.